The average molecular weight is 519 g/mol. The number of fused-ring (bicyclic) bond motifs is 1. The van der Waals surface area contributed by atoms with Gasteiger partial charge in [-0.1, -0.05) is 22.0 Å². The van der Waals surface area contributed by atoms with Crippen molar-refractivity contribution < 1.29 is 22.7 Å². The van der Waals surface area contributed by atoms with Crippen LogP contribution in [0.25, 0.3) is 16.7 Å². The second-order valence-corrected chi connectivity index (χ2v) is 8.68. The smallest absolute Gasteiger partial charge is 0.416 e. The summed E-state index contributed by atoms with van der Waals surface area (Å²) in [7, 11) is 0. The predicted octanol–water partition coefficient (Wildman–Crippen LogP) is 6.00. The van der Waals surface area contributed by atoms with Crippen LogP contribution in [0.1, 0.15) is 19.4 Å². The van der Waals surface area contributed by atoms with Crippen LogP contribution in [-0.2, 0) is 11.0 Å². The van der Waals surface area contributed by atoms with E-state index in [9.17, 15) is 18.0 Å². The van der Waals surface area contributed by atoms with Gasteiger partial charge in [0.1, 0.15) is 16.8 Å². The molecule has 0 aliphatic carbocycles. The van der Waals surface area contributed by atoms with Gasteiger partial charge in [0.05, 0.1) is 11.3 Å². The molecule has 1 N–H and O–H groups in total. The third-order valence-corrected chi connectivity index (χ3v) is 5.30. The molecule has 0 saturated heterocycles. The first kappa shape index (κ1) is 22.8. The normalized spacial score (nSPS) is 12.1. The van der Waals surface area contributed by atoms with E-state index < -0.39 is 17.3 Å². The number of hydrogen-bond acceptors (Lipinski definition) is 4. The highest BCUT2D eigenvalue weighted by Gasteiger charge is 2.31. The van der Waals surface area contributed by atoms with Gasteiger partial charge < -0.3 is 10.1 Å². The molecule has 3 aromatic carbocycles. The zero-order chi connectivity index (χ0) is 23.8. The summed E-state index contributed by atoms with van der Waals surface area (Å²) in [4.78, 5) is 13.9. The van der Waals surface area contributed by atoms with Crippen molar-refractivity contribution in [2.45, 2.75) is 25.6 Å². The number of anilines is 1. The highest BCUT2D eigenvalue weighted by molar-refractivity contribution is 9.10. The van der Waals surface area contributed by atoms with Crippen molar-refractivity contribution in [1.82, 2.24) is 15.0 Å². The molecule has 0 unspecified atom stereocenters. The second kappa shape index (κ2) is 8.51. The van der Waals surface area contributed by atoms with Crippen molar-refractivity contribution >= 4 is 38.6 Å². The Bertz CT molecular complexity index is 1320. The van der Waals surface area contributed by atoms with Crippen LogP contribution in [-0.4, -0.2) is 26.5 Å². The summed E-state index contributed by atoms with van der Waals surface area (Å²) in [5.74, 6) is 0.160. The number of hydrogen-bond donors (Lipinski definition) is 1. The monoisotopic (exact) mass is 518 g/mol. The number of carbonyl (C=O) groups excluding carboxylic acids is 1. The van der Waals surface area contributed by atoms with Crippen LogP contribution in [0, 0.1) is 0 Å². The van der Waals surface area contributed by atoms with E-state index >= 15 is 0 Å². The Labute approximate surface area is 195 Å². The molecule has 0 aliphatic heterocycles. The molecular formula is C23H18BrF3N4O2. The summed E-state index contributed by atoms with van der Waals surface area (Å²) >= 11 is 3.35. The molecule has 6 nitrogen and oxygen atoms in total. The van der Waals surface area contributed by atoms with E-state index in [1.165, 1.54) is 12.1 Å². The Morgan fingerprint density at radius 1 is 0.970 bits per heavy atom. The van der Waals surface area contributed by atoms with E-state index in [-0.39, 0.29) is 11.6 Å². The molecule has 1 amide bonds. The van der Waals surface area contributed by atoms with Crippen LogP contribution < -0.4 is 10.1 Å². The van der Waals surface area contributed by atoms with Crippen molar-refractivity contribution in [2.75, 3.05) is 5.32 Å². The van der Waals surface area contributed by atoms with Crippen molar-refractivity contribution in [3.63, 3.8) is 0 Å². The van der Waals surface area contributed by atoms with Gasteiger partial charge in [0.15, 0.2) is 5.60 Å². The SMILES string of the molecule is CC(C)(Oc1ccc(Br)cc1)C(=O)Nc1ccc2nn(-c3cccc(C(F)(F)F)c3)nc2c1. The molecule has 0 bridgehead atoms. The number of nitrogens with zero attached hydrogens (tertiary/aromatic N) is 3. The number of carbonyl (C=O) groups is 1. The maximum absolute atomic E-state index is 13.0. The van der Waals surface area contributed by atoms with Crippen LogP contribution in [0.3, 0.4) is 0 Å². The first-order valence-electron chi connectivity index (χ1n) is 9.82. The molecule has 0 fully saturated rings. The van der Waals surface area contributed by atoms with Crippen molar-refractivity contribution in [2.24, 2.45) is 0 Å². The van der Waals surface area contributed by atoms with Crippen molar-refractivity contribution in [3.05, 3.63) is 76.8 Å². The lowest BCUT2D eigenvalue weighted by molar-refractivity contribution is -0.137. The number of halogens is 4. The Morgan fingerprint density at radius 2 is 1.67 bits per heavy atom. The molecule has 1 aromatic heterocycles. The largest absolute Gasteiger partial charge is 0.478 e. The van der Waals surface area contributed by atoms with Gasteiger partial charge in [-0.3, -0.25) is 4.79 Å². The lowest BCUT2D eigenvalue weighted by Crippen LogP contribution is -2.42. The fourth-order valence-corrected chi connectivity index (χ4v) is 3.30. The van der Waals surface area contributed by atoms with Gasteiger partial charge in [-0.05, 0) is 74.5 Å². The van der Waals surface area contributed by atoms with Gasteiger partial charge in [-0.15, -0.1) is 10.2 Å². The van der Waals surface area contributed by atoms with Crippen LogP contribution in [0.2, 0.25) is 0 Å². The Morgan fingerprint density at radius 3 is 2.36 bits per heavy atom. The summed E-state index contributed by atoms with van der Waals surface area (Å²) in [6.45, 7) is 3.29. The highest BCUT2D eigenvalue weighted by Crippen LogP contribution is 2.30. The summed E-state index contributed by atoms with van der Waals surface area (Å²) in [5, 5.41) is 11.3. The highest BCUT2D eigenvalue weighted by atomic mass is 79.9. The minimum Gasteiger partial charge on any atom is -0.478 e. The zero-order valence-corrected chi connectivity index (χ0v) is 19.1. The van der Waals surface area contributed by atoms with Gasteiger partial charge >= 0.3 is 6.18 Å². The predicted molar refractivity (Wildman–Crippen MR) is 121 cm³/mol. The lowest BCUT2D eigenvalue weighted by Gasteiger charge is -2.25. The van der Waals surface area contributed by atoms with Crippen LogP contribution >= 0.6 is 15.9 Å². The molecule has 4 aromatic rings. The van der Waals surface area contributed by atoms with Gasteiger partial charge in [-0.25, -0.2) is 0 Å². The minimum absolute atomic E-state index is 0.177. The molecule has 33 heavy (non-hydrogen) atoms. The molecular weight excluding hydrogens is 501 g/mol. The summed E-state index contributed by atoms with van der Waals surface area (Å²) < 4.78 is 45.7. The van der Waals surface area contributed by atoms with E-state index in [1.54, 1.807) is 44.2 Å². The second-order valence-electron chi connectivity index (χ2n) is 7.76. The molecule has 0 spiro atoms. The van der Waals surface area contributed by atoms with E-state index in [1.807, 2.05) is 12.1 Å². The standard InChI is InChI=1S/C23H18BrF3N4O2/c1-22(2,33-18-9-6-15(24)7-10-18)21(32)28-16-8-11-19-20(13-16)30-31(29-19)17-5-3-4-14(12-17)23(25,26)27/h3-13H,1-2H3,(H,28,32). The topological polar surface area (TPSA) is 69.0 Å². The molecule has 10 heteroatoms. The molecule has 170 valence electrons. The Balaban J connectivity index is 1.54. The number of amides is 1. The van der Waals surface area contributed by atoms with Crippen LogP contribution in [0.15, 0.2) is 71.2 Å². The van der Waals surface area contributed by atoms with E-state index in [0.717, 1.165) is 21.4 Å². The number of alkyl halides is 3. The van der Waals surface area contributed by atoms with Gasteiger partial charge in [0.2, 0.25) is 0 Å². The molecule has 4 rings (SSSR count). The number of aromatic nitrogens is 3. The maximum atomic E-state index is 13.0. The van der Waals surface area contributed by atoms with Gasteiger partial charge in [-0.2, -0.15) is 18.0 Å². The van der Waals surface area contributed by atoms with Crippen molar-refractivity contribution in [3.8, 4) is 11.4 Å². The maximum Gasteiger partial charge on any atom is 0.416 e. The fraction of sp³-hybridized carbons (Fsp3) is 0.174. The van der Waals surface area contributed by atoms with Gasteiger partial charge in [0, 0.05) is 10.2 Å². The zero-order valence-electron chi connectivity index (χ0n) is 17.5. The first-order chi connectivity index (χ1) is 15.5. The molecule has 0 atom stereocenters. The van der Waals surface area contributed by atoms with Gasteiger partial charge in [0.25, 0.3) is 5.91 Å². The summed E-state index contributed by atoms with van der Waals surface area (Å²) in [5.41, 5.74) is -0.444. The summed E-state index contributed by atoms with van der Waals surface area (Å²) in [6.07, 6.45) is -4.47. The number of nitrogens with one attached hydrogen (secondary N) is 1. The Kier molecular flexibility index (Phi) is 5.87. The lowest BCUT2D eigenvalue weighted by atomic mass is 10.1. The summed E-state index contributed by atoms with van der Waals surface area (Å²) in [6, 6.07) is 16.7. The third-order valence-electron chi connectivity index (χ3n) is 4.78. The average Bonchev–Trinajstić information content (AvgIpc) is 3.18. The van der Waals surface area contributed by atoms with Crippen molar-refractivity contribution in [1.29, 1.82) is 0 Å². The van der Waals surface area contributed by atoms with Crippen LogP contribution in [0.4, 0.5) is 18.9 Å². The molecule has 0 saturated carbocycles. The van der Waals surface area contributed by atoms with E-state index in [4.69, 9.17) is 4.74 Å². The first-order valence-corrected chi connectivity index (χ1v) is 10.6. The quantitative estimate of drug-likeness (QED) is 0.352. The minimum atomic E-state index is -4.47. The fourth-order valence-electron chi connectivity index (χ4n) is 3.04. The third kappa shape index (κ3) is 5.16. The molecule has 0 aliphatic rings. The number of benzene rings is 3. The van der Waals surface area contributed by atoms with Crippen LogP contribution in [0.5, 0.6) is 5.75 Å². The van der Waals surface area contributed by atoms with E-state index in [0.29, 0.717) is 22.5 Å². The van der Waals surface area contributed by atoms with E-state index in [2.05, 4.69) is 31.4 Å². The Hall–Kier alpha value is -3.40. The molecule has 0 radical (unpaired) electrons. The molecule has 1 heterocycles. The number of ether oxygens (including phenoxy) is 1. The number of rotatable bonds is 5.